The molecule has 0 aromatic carbocycles. The minimum absolute atomic E-state index is 0.0722. The molecule has 7 nitrogen and oxygen atoms in total. The average molecular weight is 396 g/mol. The Hall–Kier alpha value is -0.730. The molecular formula is C21H32O7. The van der Waals surface area contributed by atoms with Gasteiger partial charge in [-0.2, -0.15) is 0 Å². The van der Waals surface area contributed by atoms with E-state index in [0.29, 0.717) is 12.8 Å². The first-order chi connectivity index (χ1) is 13.1. The SMILES string of the molecule is CO[C@H]1O[C@H]2O[C@]3(CC[C@@]2(O)[C@@H]1O)[C@H](C)C[C@H]1OC(=O)[C@@]2(C)CCC[C@@]3(C)[C@@H]12. The van der Waals surface area contributed by atoms with Gasteiger partial charge in [-0.25, -0.2) is 0 Å². The van der Waals surface area contributed by atoms with Crippen LogP contribution in [0.4, 0.5) is 0 Å². The lowest BCUT2D eigenvalue weighted by Gasteiger charge is -2.65. The summed E-state index contributed by atoms with van der Waals surface area (Å²) in [4.78, 5) is 12.8. The topological polar surface area (TPSA) is 94.5 Å². The van der Waals surface area contributed by atoms with Crippen LogP contribution in [-0.2, 0) is 23.7 Å². The van der Waals surface area contributed by atoms with Crippen molar-refractivity contribution in [2.45, 2.75) is 95.3 Å². The molecule has 1 spiro atoms. The lowest BCUT2D eigenvalue weighted by Crippen LogP contribution is -2.70. The summed E-state index contributed by atoms with van der Waals surface area (Å²) in [5.74, 6) is 0.157. The van der Waals surface area contributed by atoms with E-state index in [4.69, 9.17) is 18.9 Å². The van der Waals surface area contributed by atoms with E-state index in [1.165, 1.54) is 7.11 Å². The van der Waals surface area contributed by atoms with Crippen molar-refractivity contribution in [1.82, 2.24) is 0 Å². The molecule has 0 amide bonds. The van der Waals surface area contributed by atoms with Crippen molar-refractivity contribution in [1.29, 1.82) is 0 Å². The lowest BCUT2D eigenvalue weighted by atomic mass is 9.43. The summed E-state index contributed by atoms with van der Waals surface area (Å²) in [5, 5.41) is 21.6. The highest BCUT2D eigenvalue weighted by molar-refractivity contribution is 5.80. The largest absolute Gasteiger partial charge is 0.462 e. The molecule has 3 heterocycles. The summed E-state index contributed by atoms with van der Waals surface area (Å²) in [5.41, 5.74) is -2.76. The van der Waals surface area contributed by atoms with E-state index in [9.17, 15) is 15.0 Å². The number of methoxy groups -OCH3 is 1. The molecule has 5 rings (SSSR count). The molecule has 0 aromatic heterocycles. The number of esters is 1. The molecule has 2 N–H and O–H groups in total. The quantitative estimate of drug-likeness (QED) is 0.652. The molecule has 3 aliphatic heterocycles. The molecule has 5 aliphatic rings. The Morgan fingerprint density at radius 2 is 1.93 bits per heavy atom. The lowest BCUT2D eigenvalue weighted by molar-refractivity contribution is -0.356. The number of hydrogen-bond acceptors (Lipinski definition) is 7. The van der Waals surface area contributed by atoms with Gasteiger partial charge in [-0.3, -0.25) is 4.79 Å². The summed E-state index contributed by atoms with van der Waals surface area (Å²) in [7, 11) is 1.45. The molecule has 7 heteroatoms. The monoisotopic (exact) mass is 396 g/mol. The van der Waals surface area contributed by atoms with Crippen LogP contribution in [0.5, 0.6) is 0 Å². The maximum atomic E-state index is 12.8. The second kappa shape index (κ2) is 5.70. The molecule has 2 aliphatic carbocycles. The average Bonchev–Trinajstić information content (AvgIpc) is 3.05. The Morgan fingerprint density at radius 1 is 1.18 bits per heavy atom. The van der Waals surface area contributed by atoms with Gasteiger partial charge in [-0.05, 0) is 44.9 Å². The highest BCUT2D eigenvalue weighted by atomic mass is 16.8. The second-order valence-corrected chi connectivity index (χ2v) is 10.3. The van der Waals surface area contributed by atoms with Gasteiger partial charge in [0, 0.05) is 18.4 Å². The zero-order chi connectivity index (χ0) is 20.1. The van der Waals surface area contributed by atoms with E-state index >= 15 is 0 Å². The molecule has 0 unspecified atom stereocenters. The van der Waals surface area contributed by atoms with Crippen molar-refractivity contribution < 1.29 is 34.0 Å². The summed E-state index contributed by atoms with van der Waals surface area (Å²) in [6.45, 7) is 6.45. The minimum atomic E-state index is -1.47. The van der Waals surface area contributed by atoms with Crippen LogP contribution in [0.1, 0.15) is 59.3 Å². The number of carbonyl (C=O) groups excluding carboxylic acids is 1. The summed E-state index contributed by atoms with van der Waals surface area (Å²) >= 11 is 0. The number of ether oxygens (including phenoxy) is 4. The molecular weight excluding hydrogens is 364 g/mol. The van der Waals surface area contributed by atoms with E-state index in [1.807, 2.05) is 0 Å². The standard InChI is InChI=1S/C21H32O7/c1-11-10-12-13-18(2,16(23)26-12)6-5-7-19(13,3)21(11)9-8-20(24)14(22)15(25-4)27-17(20)28-21/h11-15,17,22,24H,5-10H2,1-4H3/t11-,12-,13+,14-,15+,17+,18+,19+,20-,21-/m1/s1. The Bertz CT molecular complexity index is 698. The van der Waals surface area contributed by atoms with E-state index in [0.717, 1.165) is 25.7 Å². The molecule has 0 bridgehead atoms. The Kier molecular flexibility index (Phi) is 3.92. The molecule has 0 radical (unpaired) electrons. The zero-order valence-corrected chi connectivity index (χ0v) is 17.1. The number of aliphatic hydroxyl groups excluding tert-OH is 1. The third-order valence-corrected chi connectivity index (χ3v) is 9.09. The van der Waals surface area contributed by atoms with E-state index in [2.05, 4.69) is 20.8 Å². The summed E-state index contributed by atoms with van der Waals surface area (Å²) in [6, 6.07) is 0. The number of fused-ring (bicyclic) bond motifs is 2. The maximum absolute atomic E-state index is 12.8. The normalized spacial score (nSPS) is 60.4. The predicted octanol–water partition coefficient (Wildman–Crippen LogP) is 1.73. The Labute approximate surface area is 165 Å². The first-order valence-electron chi connectivity index (χ1n) is 10.6. The maximum Gasteiger partial charge on any atom is 0.312 e. The van der Waals surface area contributed by atoms with Gasteiger partial charge < -0.3 is 29.2 Å². The van der Waals surface area contributed by atoms with Gasteiger partial charge in [0.05, 0.1) is 11.0 Å². The smallest absolute Gasteiger partial charge is 0.312 e. The molecule has 5 fully saturated rings. The first-order valence-corrected chi connectivity index (χ1v) is 10.6. The van der Waals surface area contributed by atoms with Crippen molar-refractivity contribution in [2.24, 2.45) is 22.7 Å². The third kappa shape index (κ3) is 2.00. The van der Waals surface area contributed by atoms with Crippen molar-refractivity contribution in [3.63, 3.8) is 0 Å². The summed E-state index contributed by atoms with van der Waals surface area (Å²) in [6.07, 6.45) is 1.42. The van der Waals surface area contributed by atoms with Crippen LogP contribution in [-0.4, -0.2) is 59.3 Å². The molecule has 10 atom stereocenters. The van der Waals surface area contributed by atoms with Crippen LogP contribution in [0.3, 0.4) is 0 Å². The van der Waals surface area contributed by atoms with Crippen molar-refractivity contribution in [3.8, 4) is 0 Å². The minimum Gasteiger partial charge on any atom is -0.462 e. The van der Waals surface area contributed by atoms with Crippen LogP contribution in [0.2, 0.25) is 0 Å². The van der Waals surface area contributed by atoms with E-state index in [1.54, 1.807) is 0 Å². The van der Waals surface area contributed by atoms with Crippen LogP contribution < -0.4 is 0 Å². The predicted molar refractivity (Wildman–Crippen MR) is 96.9 cm³/mol. The molecule has 0 aromatic rings. The van der Waals surface area contributed by atoms with Gasteiger partial charge >= 0.3 is 5.97 Å². The fourth-order valence-corrected chi connectivity index (χ4v) is 7.68. The highest BCUT2D eigenvalue weighted by Gasteiger charge is 2.75. The molecule has 158 valence electrons. The van der Waals surface area contributed by atoms with Crippen LogP contribution in [0, 0.1) is 22.7 Å². The number of rotatable bonds is 1. The fourth-order valence-electron chi connectivity index (χ4n) is 7.68. The van der Waals surface area contributed by atoms with Crippen molar-refractivity contribution >= 4 is 5.97 Å². The van der Waals surface area contributed by atoms with Gasteiger partial charge in [0.2, 0.25) is 0 Å². The van der Waals surface area contributed by atoms with Crippen LogP contribution >= 0.6 is 0 Å². The van der Waals surface area contributed by atoms with Gasteiger partial charge in [0.15, 0.2) is 12.6 Å². The molecule has 3 saturated heterocycles. The Morgan fingerprint density at radius 3 is 2.64 bits per heavy atom. The molecule has 2 saturated carbocycles. The summed E-state index contributed by atoms with van der Waals surface area (Å²) < 4.78 is 23.5. The highest BCUT2D eigenvalue weighted by Crippen LogP contribution is 2.69. The van der Waals surface area contributed by atoms with Crippen LogP contribution in [0.15, 0.2) is 0 Å². The van der Waals surface area contributed by atoms with Crippen molar-refractivity contribution in [3.05, 3.63) is 0 Å². The number of aliphatic hydroxyl groups is 2. The van der Waals surface area contributed by atoms with Gasteiger partial charge in [0.25, 0.3) is 0 Å². The molecule has 28 heavy (non-hydrogen) atoms. The van der Waals surface area contributed by atoms with E-state index < -0.39 is 35.3 Å². The van der Waals surface area contributed by atoms with Gasteiger partial charge in [0.1, 0.15) is 17.8 Å². The van der Waals surface area contributed by atoms with Gasteiger partial charge in [-0.1, -0.05) is 20.3 Å². The third-order valence-electron chi connectivity index (χ3n) is 9.09. The second-order valence-electron chi connectivity index (χ2n) is 10.3. The van der Waals surface area contributed by atoms with Crippen molar-refractivity contribution in [2.75, 3.05) is 7.11 Å². The number of carbonyl (C=O) groups is 1. The fraction of sp³-hybridized carbons (Fsp3) is 0.952. The zero-order valence-electron chi connectivity index (χ0n) is 17.1. The van der Waals surface area contributed by atoms with E-state index in [-0.39, 0.29) is 29.3 Å². The number of hydrogen-bond donors (Lipinski definition) is 2. The first kappa shape index (κ1) is 19.2. The van der Waals surface area contributed by atoms with Crippen LogP contribution in [0.25, 0.3) is 0 Å². The Balaban J connectivity index is 1.56. The van der Waals surface area contributed by atoms with Gasteiger partial charge in [-0.15, -0.1) is 0 Å².